The standard InChI is InChI=1S/C13H20N6/c1-9(2)13-16-10(3)7-12(17-13)14-6-5-11-15-8-19(4)18-11/h7-9H,5-6H2,1-4H3,(H,14,16,17). The lowest BCUT2D eigenvalue weighted by atomic mass is 10.2. The van der Waals surface area contributed by atoms with Gasteiger partial charge in [0.1, 0.15) is 18.0 Å². The monoisotopic (exact) mass is 260 g/mol. The fraction of sp³-hybridized carbons (Fsp3) is 0.538. The fourth-order valence-corrected chi connectivity index (χ4v) is 1.74. The molecule has 0 radical (unpaired) electrons. The van der Waals surface area contributed by atoms with Gasteiger partial charge in [-0.25, -0.2) is 15.0 Å². The van der Waals surface area contributed by atoms with E-state index in [-0.39, 0.29) is 0 Å². The number of nitrogens with one attached hydrogen (secondary N) is 1. The first-order valence-corrected chi connectivity index (χ1v) is 6.48. The van der Waals surface area contributed by atoms with Crippen LogP contribution in [0.25, 0.3) is 0 Å². The van der Waals surface area contributed by atoms with Crippen molar-refractivity contribution in [1.82, 2.24) is 24.7 Å². The summed E-state index contributed by atoms with van der Waals surface area (Å²) in [7, 11) is 1.87. The normalized spacial score (nSPS) is 11.0. The maximum atomic E-state index is 4.50. The van der Waals surface area contributed by atoms with Gasteiger partial charge in [-0.1, -0.05) is 13.8 Å². The summed E-state index contributed by atoms with van der Waals surface area (Å²) in [6.45, 7) is 6.93. The molecule has 0 aliphatic carbocycles. The predicted octanol–water partition coefficient (Wildman–Crippen LogP) is 1.69. The summed E-state index contributed by atoms with van der Waals surface area (Å²) in [5, 5.41) is 7.54. The van der Waals surface area contributed by atoms with Crippen molar-refractivity contribution in [3.63, 3.8) is 0 Å². The number of aromatic nitrogens is 5. The van der Waals surface area contributed by atoms with Crippen LogP contribution in [0.15, 0.2) is 12.4 Å². The van der Waals surface area contributed by atoms with E-state index in [1.165, 1.54) is 0 Å². The zero-order valence-corrected chi connectivity index (χ0v) is 11.9. The molecule has 6 nitrogen and oxygen atoms in total. The van der Waals surface area contributed by atoms with Crippen LogP contribution >= 0.6 is 0 Å². The van der Waals surface area contributed by atoms with Gasteiger partial charge in [0.15, 0.2) is 5.82 Å². The molecule has 0 aliphatic heterocycles. The van der Waals surface area contributed by atoms with Crippen molar-refractivity contribution in [1.29, 1.82) is 0 Å². The minimum Gasteiger partial charge on any atom is -0.370 e. The molecule has 2 rings (SSSR count). The number of rotatable bonds is 5. The molecule has 102 valence electrons. The lowest BCUT2D eigenvalue weighted by Crippen LogP contribution is -2.10. The molecular formula is C13H20N6. The molecule has 0 unspecified atom stereocenters. The largest absolute Gasteiger partial charge is 0.370 e. The van der Waals surface area contributed by atoms with Crippen molar-refractivity contribution in [2.75, 3.05) is 11.9 Å². The molecule has 19 heavy (non-hydrogen) atoms. The molecule has 0 saturated heterocycles. The minimum atomic E-state index is 0.331. The van der Waals surface area contributed by atoms with E-state index >= 15 is 0 Å². The number of hydrogen-bond donors (Lipinski definition) is 1. The average Bonchev–Trinajstić information content (AvgIpc) is 2.74. The van der Waals surface area contributed by atoms with Crippen LogP contribution in [-0.2, 0) is 13.5 Å². The Morgan fingerprint density at radius 1 is 1.32 bits per heavy atom. The van der Waals surface area contributed by atoms with Crippen molar-refractivity contribution in [3.8, 4) is 0 Å². The van der Waals surface area contributed by atoms with Crippen molar-refractivity contribution in [2.45, 2.75) is 33.1 Å². The van der Waals surface area contributed by atoms with Gasteiger partial charge in [0.2, 0.25) is 0 Å². The summed E-state index contributed by atoms with van der Waals surface area (Å²) < 4.78 is 1.71. The van der Waals surface area contributed by atoms with E-state index in [2.05, 4.69) is 39.2 Å². The Kier molecular flexibility index (Phi) is 4.09. The van der Waals surface area contributed by atoms with Crippen molar-refractivity contribution in [2.24, 2.45) is 7.05 Å². The van der Waals surface area contributed by atoms with Gasteiger partial charge in [0, 0.05) is 37.7 Å². The molecule has 0 atom stereocenters. The van der Waals surface area contributed by atoms with Crippen molar-refractivity contribution < 1.29 is 0 Å². The topological polar surface area (TPSA) is 68.5 Å². The van der Waals surface area contributed by atoms with Gasteiger partial charge in [-0.3, -0.25) is 4.68 Å². The maximum absolute atomic E-state index is 4.50. The van der Waals surface area contributed by atoms with Gasteiger partial charge < -0.3 is 5.32 Å². The molecule has 2 aromatic heterocycles. The van der Waals surface area contributed by atoms with Crippen LogP contribution in [-0.4, -0.2) is 31.3 Å². The highest BCUT2D eigenvalue weighted by Gasteiger charge is 2.06. The molecule has 0 aliphatic rings. The van der Waals surface area contributed by atoms with E-state index in [4.69, 9.17) is 0 Å². The summed E-state index contributed by atoms with van der Waals surface area (Å²) in [4.78, 5) is 13.1. The molecule has 0 fully saturated rings. The Hall–Kier alpha value is -1.98. The van der Waals surface area contributed by atoms with E-state index < -0.39 is 0 Å². The first-order valence-electron chi connectivity index (χ1n) is 6.48. The molecule has 0 bridgehead atoms. The third-order valence-electron chi connectivity index (χ3n) is 2.69. The summed E-state index contributed by atoms with van der Waals surface area (Å²) in [5.74, 6) is 2.91. The molecule has 2 heterocycles. The predicted molar refractivity (Wildman–Crippen MR) is 74.1 cm³/mol. The molecule has 0 amide bonds. The van der Waals surface area contributed by atoms with E-state index in [9.17, 15) is 0 Å². The Bertz CT molecular complexity index is 546. The molecular weight excluding hydrogens is 240 g/mol. The molecule has 0 saturated carbocycles. The van der Waals surface area contributed by atoms with Crippen LogP contribution in [0.2, 0.25) is 0 Å². The summed E-state index contributed by atoms with van der Waals surface area (Å²) in [6, 6.07) is 1.96. The van der Waals surface area contributed by atoms with Crippen LogP contribution in [0.1, 0.15) is 37.1 Å². The smallest absolute Gasteiger partial charge is 0.152 e. The number of hydrogen-bond acceptors (Lipinski definition) is 5. The second kappa shape index (κ2) is 5.77. The third-order valence-corrected chi connectivity index (χ3v) is 2.69. The Morgan fingerprint density at radius 3 is 2.74 bits per heavy atom. The maximum Gasteiger partial charge on any atom is 0.152 e. The number of aryl methyl sites for hydroxylation is 2. The lowest BCUT2D eigenvalue weighted by Gasteiger charge is -2.09. The van der Waals surface area contributed by atoms with Crippen LogP contribution in [0, 0.1) is 6.92 Å². The summed E-state index contributed by atoms with van der Waals surface area (Å²) in [5.41, 5.74) is 0.983. The Labute approximate surface area is 113 Å². The molecule has 6 heteroatoms. The second-order valence-electron chi connectivity index (χ2n) is 4.92. The highest BCUT2D eigenvalue weighted by atomic mass is 15.3. The number of nitrogens with zero attached hydrogens (tertiary/aromatic N) is 5. The van der Waals surface area contributed by atoms with Crippen molar-refractivity contribution >= 4 is 5.82 Å². The van der Waals surface area contributed by atoms with E-state index in [1.807, 2.05) is 20.0 Å². The average molecular weight is 260 g/mol. The molecule has 2 aromatic rings. The SMILES string of the molecule is Cc1cc(NCCc2ncn(C)n2)nc(C(C)C)n1. The Balaban J connectivity index is 1.95. The molecule has 0 aromatic carbocycles. The first-order chi connectivity index (χ1) is 9.04. The minimum absolute atomic E-state index is 0.331. The van der Waals surface area contributed by atoms with Gasteiger partial charge in [-0.2, -0.15) is 5.10 Å². The number of anilines is 1. The molecule has 1 N–H and O–H groups in total. The van der Waals surface area contributed by atoms with Gasteiger partial charge >= 0.3 is 0 Å². The van der Waals surface area contributed by atoms with Gasteiger partial charge in [-0.15, -0.1) is 0 Å². The van der Waals surface area contributed by atoms with Crippen LogP contribution in [0.5, 0.6) is 0 Å². The second-order valence-corrected chi connectivity index (χ2v) is 4.92. The zero-order chi connectivity index (χ0) is 13.8. The van der Waals surface area contributed by atoms with Crippen LogP contribution < -0.4 is 5.32 Å². The van der Waals surface area contributed by atoms with Crippen LogP contribution in [0.3, 0.4) is 0 Å². The van der Waals surface area contributed by atoms with Crippen molar-refractivity contribution in [3.05, 3.63) is 29.7 Å². The highest BCUT2D eigenvalue weighted by Crippen LogP contribution is 2.13. The van der Waals surface area contributed by atoms with Gasteiger partial charge in [-0.05, 0) is 6.92 Å². The zero-order valence-electron chi connectivity index (χ0n) is 11.9. The third kappa shape index (κ3) is 3.74. The van der Waals surface area contributed by atoms with E-state index in [0.717, 1.165) is 36.1 Å². The first kappa shape index (κ1) is 13.5. The van der Waals surface area contributed by atoms with E-state index in [1.54, 1.807) is 11.0 Å². The summed E-state index contributed by atoms with van der Waals surface area (Å²) in [6.07, 6.45) is 2.49. The van der Waals surface area contributed by atoms with E-state index in [0.29, 0.717) is 5.92 Å². The fourth-order valence-electron chi connectivity index (χ4n) is 1.74. The quantitative estimate of drug-likeness (QED) is 0.886. The van der Waals surface area contributed by atoms with Gasteiger partial charge in [0.05, 0.1) is 0 Å². The van der Waals surface area contributed by atoms with Gasteiger partial charge in [0.25, 0.3) is 0 Å². The molecule has 0 spiro atoms. The van der Waals surface area contributed by atoms with Crippen LogP contribution in [0.4, 0.5) is 5.82 Å². The lowest BCUT2D eigenvalue weighted by molar-refractivity contribution is 0.740. The Morgan fingerprint density at radius 2 is 2.11 bits per heavy atom. The summed E-state index contributed by atoms with van der Waals surface area (Å²) >= 11 is 0. The highest BCUT2D eigenvalue weighted by molar-refractivity contribution is 5.36.